The van der Waals surface area contributed by atoms with Crippen molar-refractivity contribution in [3.05, 3.63) is 0 Å². The summed E-state index contributed by atoms with van der Waals surface area (Å²) in [7, 11) is 0. The van der Waals surface area contributed by atoms with Crippen LogP contribution in [0.5, 0.6) is 0 Å². The zero-order valence-corrected chi connectivity index (χ0v) is 11.4. The van der Waals surface area contributed by atoms with Crippen molar-refractivity contribution < 1.29 is 0 Å². The fourth-order valence-corrected chi connectivity index (χ4v) is 2.52. The normalized spacial score (nSPS) is 18.2. The van der Waals surface area contributed by atoms with Gasteiger partial charge in [-0.2, -0.15) is 0 Å². The molecule has 2 rings (SSSR count). The number of rotatable bonds is 9. The third-order valence-electron chi connectivity index (χ3n) is 3.56. The average Bonchev–Trinajstić information content (AvgIpc) is 3.05. The molecule has 0 atom stereocenters. The van der Waals surface area contributed by atoms with E-state index in [9.17, 15) is 0 Å². The molecule has 0 aromatic heterocycles. The summed E-state index contributed by atoms with van der Waals surface area (Å²) in [5.74, 6) is 2.47. The van der Waals surface area contributed by atoms with Gasteiger partial charge in [0.1, 0.15) is 0 Å². The Balaban J connectivity index is 1.35. The fourth-order valence-electron chi connectivity index (χ4n) is 2.52. The van der Waals surface area contributed by atoms with Gasteiger partial charge in [0, 0.05) is 25.9 Å². The van der Waals surface area contributed by atoms with Crippen molar-refractivity contribution in [2.75, 3.05) is 26.2 Å². The second-order valence-electron chi connectivity index (χ2n) is 5.13. The molecular formula is C14H26N4. The molecule has 4 nitrogen and oxygen atoms in total. The predicted octanol–water partition coefficient (Wildman–Crippen LogP) is 2.11. The summed E-state index contributed by atoms with van der Waals surface area (Å²) in [5, 5.41) is 6.66. The molecule has 0 spiro atoms. The lowest BCUT2D eigenvalue weighted by Crippen LogP contribution is -2.18. The highest BCUT2D eigenvalue weighted by Crippen LogP contribution is 2.10. The highest BCUT2D eigenvalue weighted by atomic mass is 15.1. The van der Waals surface area contributed by atoms with E-state index >= 15 is 0 Å². The third-order valence-corrected chi connectivity index (χ3v) is 3.56. The maximum atomic E-state index is 4.41. The van der Waals surface area contributed by atoms with Gasteiger partial charge in [0.25, 0.3) is 0 Å². The summed E-state index contributed by atoms with van der Waals surface area (Å²) in [6.45, 7) is 4.06. The molecule has 0 saturated heterocycles. The lowest BCUT2D eigenvalue weighted by molar-refractivity contribution is 0.605. The lowest BCUT2D eigenvalue weighted by atomic mass is 10.1. The number of unbranched alkanes of at least 4 members (excludes halogenated alkanes) is 5. The van der Waals surface area contributed by atoms with Crippen LogP contribution < -0.4 is 10.6 Å². The average molecular weight is 250 g/mol. The van der Waals surface area contributed by atoms with E-state index in [0.29, 0.717) is 0 Å². The van der Waals surface area contributed by atoms with Gasteiger partial charge in [0.15, 0.2) is 0 Å². The first-order valence-corrected chi connectivity index (χ1v) is 7.49. The molecule has 0 aromatic carbocycles. The largest absolute Gasteiger partial charge is 0.372 e. The van der Waals surface area contributed by atoms with E-state index in [1.807, 2.05) is 0 Å². The fraction of sp³-hybridized carbons (Fsp3) is 0.857. The molecule has 0 aromatic rings. The number of hydrogen-bond acceptors (Lipinski definition) is 4. The van der Waals surface area contributed by atoms with Crippen LogP contribution in [-0.2, 0) is 0 Å². The Kier molecular flexibility index (Phi) is 6.03. The Morgan fingerprint density at radius 3 is 1.50 bits per heavy atom. The first kappa shape index (κ1) is 13.4. The van der Waals surface area contributed by atoms with Crippen LogP contribution in [0.3, 0.4) is 0 Å². The Bertz CT molecular complexity index is 266. The van der Waals surface area contributed by atoms with Crippen LogP contribution in [0.25, 0.3) is 0 Å². The summed E-state index contributed by atoms with van der Waals surface area (Å²) < 4.78 is 0. The van der Waals surface area contributed by atoms with Crippen LogP contribution >= 0.6 is 0 Å². The van der Waals surface area contributed by atoms with Gasteiger partial charge in [-0.15, -0.1) is 0 Å². The van der Waals surface area contributed by atoms with Crippen LogP contribution in [0.4, 0.5) is 0 Å². The van der Waals surface area contributed by atoms with Crippen molar-refractivity contribution in [2.45, 2.75) is 51.4 Å². The topological polar surface area (TPSA) is 48.8 Å². The Morgan fingerprint density at radius 2 is 1.11 bits per heavy atom. The first-order chi connectivity index (χ1) is 8.95. The van der Waals surface area contributed by atoms with Crippen LogP contribution in [0.15, 0.2) is 9.98 Å². The van der Waals surface area contributed by atoms with Crippen molar-refractivity contribution in [3.8, 4) is 0 Å². The van der Waals surface area contributed by atoms with Gasteiger partial charge in [-0.05, 0) is 12.8 Å². The zero-order chi connectivity index (χ0) is 12.5. The highest BCUT2D eigenvalue weighted by Gasteiger charge is 2.04. The molecule has 0 amide bonds. The molecule has 0 fully saturated rings. The number of nitrogens with zero attached hydrogens (tertiary/aromatic N) is 2. The molecule has 0 saturated carbocycles. The van der Waals surface area contributed by atoms with E-state index in [2.05, 4.69) is 20.6 Å². The Labute approximate surface area is 110 Å². The lowest BCUT2D eigenvalue weighted by Gasteiger charge is -2.04. The molecule has 2 aliphatic rings. The molecule has 2 N–H and O–H groups in total. The summed E-state index contributed by atoms with van der Waals surface area (Å²) in [6.07, 6.45) is 10.3. The predicted molar refractivity (Wildman–Crippen MR) is 77.5 cm³/mol. The summed E-state index contributed by atoms with van der Waals surface area (Å²) in [4.78, 5) is 8.82. The number of amidine groups is 2. The standard InChI is InChI=1S/C14H26N4/c1(3-5-7-13-15-9-10-16-13)2-4-6-8-14-17-11-12-18-14/h1-12H2,(H,15,16)(H,17,18). The second kappa shape index (κ2) is 8.11. The molecule has 2 heterocycles. The number of aliphatic imine (C=N–C) groups is 2. The van der Waals surface area contributed by atoms with Crippen LogP contribution in [0.2, 0.25) is 0 Å². The minimum atomic E-state index is 0.979. The van der Waals surface area contributed by atoms with Crippen molar-refractivity contribution >= 4 is 11.7 Å². The van der Waals surface area contributed by atoms with Gasteiger partial charge in [-0.1, -0.05) is 25.7 Å². The molecule has 0 unspecified atom stereocenters. The highest BCUT2D eigenvalue weighted by molar-refractivity contribution is 5.83. The van der Waals surface area contributed by atoms with E-state index in [-0.39, 0.29) is 0 Å². The molecule has 102 valence electrons. The van der Waals surface area contributed by atoms with E-state index < -0.39 is 0 Å². The molecule has 0 bridgehead atoms. The number of nitrogens with one attached hydrogen (secondary N) is 2. The second-order valence-corrected chi connectivity index (χ2v) is 5.13. The number of hydrogen-bond donors (Lipinski definition) is 2. The van der Waals surface area contributed by atoms with Crippen LogP contribution in [0, 0.1) is 0 Å². The maximum Gasteiger partial charge on any atom is 0.0964 e. The van der Waals surface area contributed by atoms with Crippen molar-refractivity contribution in [3.63, 3.8) is 0 Å². The van der Waals surface area contributed by atoms with E-state index in [4.69, 9.17) is 0 Å². The van der Waals surface area contributed by atoms with E-state index in [1.165, 1.54) is 50.2 Å². The summed E-state index contributed by atoms with van der Waals surface area (Å²) in [6, 6.07) is 0. The van der Waals surface area contributed by atoms with E-state index in [0.717, 1.165) is 39.0 Å². The molecule has 18 heavy (non-hydrogen) atoms. The van der Waals surface area contributed by atoms with Crippen molar-refractivity contribution in [2.24, 2.45) is 9.98 Å². The maximum absolute atomic E-state index is 4.41. The van der Waals surface area contributed by atoms with Gasteiger partial charge < -0.3 is 10.6 Å². The van der Waals surface area contributed by atoms with Crippen LogP contribution in [-0.4, -0.2) is 37.9 Å². The molecule has 4 heteroatoms. The Hall–Kier alpha value is -1.06. The summed E-state index contributed by atoms with van der Waals surface area (Å²) >= 11 is 0. The Morgan fingerprint density at radius 1 is 0.667 bits per heavy atom. The zero-order valence-electron chi connectivity index (χ0n) is 11.4. The first-order valence-electron chi connectivity index (χ1n) is 7.49. The van der Waals surface area contributed by atoms with Crippen molar-refractivity contribution in [1.82, 2.24) is 10.6 Å². The van der Waals surface area contributed by atoms with Gasteiger partial charge in [-0.3, -0.25) is 9.98 Å². The van der Waals surface area contributed by atoms with Crippen molar-refractivity contribution in [1.29, 1.82) is 0 Å². The van der Waals surface area contributed by atoms with Gasteiger partial charge >= 0.3 is 0 Å². The molecule has 0 radical (unpaired) electrons. The smallest absolute Gasteiger partial charge is 0.0964 e. The monoisotopic (exact) mass is 250 g/mol. The summed E-state index contributed by atoms with van der Waals surface area (Å²) in [5.41, 5.74) is 0. The molecule has 2 aliphatic heterocycles. The molecule has 0 aliphatic carbocycles. The van der Waals surface area contributed by atoms with Gasteiger partial charge in [0.2, 0.25) is 0 Å². The van der Waals surface area contributed by atoms with Crippen LogP contribution in [0.1, 0.15) is 51.4 Å². The SMILES string of the molecule is C(CCCCC1=NCCN1)CCCC1=NCCN1. The molecular weight excluding hydrogens is 224 g/mol. The van der Waals surface area contributed by atoms with Gasteiger partial charge in [-0.25, -0.2) is 0 Å². The quantitative estimate of drug-likeness (QED) is 0.616. The van der Waals surface area contributed by atoms with E-state index in [1.54, 1.807) is 0 Å². The minimum absolute atomic E-state index is 0.979. The van der Waals surface area contributed by atoms with Gasteiger partial charge in [0.05, 0.1) is 24.8 Å². The third kappa shape index (κ3) is 5.07. The minimum Gasteiger partial charge on any atom is -0.372 e.